The maximum Gasteiger partial charge on any atom is 0.338 e. The minimum Gasteiger partial charge on any atom is -0.463 e. The van der Waals surface area contributed by atoms with Crippen molar-refractivity contribution in [2.45, 2.75) is 13.0 Å². The summed E-state index contributed by atoms with van der Waals surface area (Å²) in [7, 11) is 0. The molecular formula is C20H17N3O2S. The van der Waals surface area contributed by atoms with Crippen molar-refractivity contribution >= 4 is 29.0 Å². The molecule has 0 saturated carbocycles. The highest BCUT2D eigenvalue weighted by Crippen LogP contribution is 2.32. The summed E-state index contributed by atoms with van der Waals surface area (Å²) in [6.07, 6.45) is 0. The summed E-state index contributed by atoms with van der Waals surface area (Å²) in [5, 5.41) is 15.7. The SMILES string of the molecule is CCOC(=O)C1=C(c2ccccc2)NC(=S)N[C@H]1c1ccc(C#N)cc1. The summed E-state index contributed by atoms with van der Waals surface area (Å²) >= 11 is 5.35. The molecule has 1 aliphatic heterocycles. The Labute approximate surface area is 157 Å². The summed E-state index contributed by atoms with van der Waals surface area (Å²) < 4.78 is 5.29. The Morgan fingerprint density at radius 2 is 1.88 bits per heavy atom. The molecule has 6 heteroatoms. The summed E-state index contributed by atoms with van der Waals surface area (Å²) in [6.45, 7) is 2.04. The Bertz CT molecular complexity index is 899. The Morgan fingerprint density at radius 1 is 1.19 bits per heavy atom. The predicted octanol–water partition coefficient (Wildman–Crippen LogP) is 3.05. The van der Waals surface area contributed by atoms with Gasteiger partial charge in [-0.3, -0.25) is 0 Å². The topological polar surface area (TPSA) is 74.2 Å². The molecule has 130 valence electrons. The second-order valence-corrected chi connectivity index (χ2v) is 6.05. The highest BCUT2D eigenvalue weighted by molar-refractivity contribution is 7.80. The molecule has 2 aromatic rings. The van der Waals surface area contributed by atoms with Gasteiger partial charge in [-0.15, -0.1) is 0 Å². The lowest BCUT2D eigenvalue weighted by Gasteiger charge is -2.31. The summed E-state index contributed by atoms with van der Waals surface area (Å²) in [5.74, 6) is -0.414. The number of rotatable bonds is 4. The molecule has 0 radical (unpaired) electrons. The summed E-state index contributed by atoms with van der Waals surface area (Å²) in [4.78, 5) is 12.7. The van der Waals surface area contributed by atoms with Gasteiger partial charge >= 0.3 is 5.97 Å². The summed E-state index contributed by atoms with van der Waals surface area (Å²) in [6, 6.07) is 18.2. The molecule has 2 aromatic carbocycles. The van der Waals surface area contributed by atoms with Gasteiger partial charge in [0.2, 0.25) is 0 Å². The fraction of sp³-hybridized carbons (Fsp3) is 0.150. The zero-order valence-corrected chi connectivity index (χ0v) is 15.0. The van der Waals surface area contributed by atoms with Gasteiger partial charge in [-0.25, -0.2) is 4.79 Å². The lowest BCUT2D eigenvalue weighted by atomic mass is 9.92. The van der Waals surface area contributed by atoms with Gasteiger partial charge in [-0.1, -0.05) is 42.5 Å². The Hall–Kier alpha value is -3.17. The van der Waals surface area contributed by atoms with Gasteiger partial charge in [-0.2, -0.15) is 5.26 Å². The molecule has 26 heavy (non-hydrogen) atoms. The number of nitrogens with zero attached hydrogens (tertiary/aromatic N) is 1. The number of esters is 1. The van der Waals surface area contributed by atoms with E-state index in [0.29, 0.717) is 21.9 Å². The van der Waals surface area contributed by atoms with Crippen LogP contribution in [0.15, 0.2) is 60.2 Å². The molecule has 1 heterocycles. The van der Waals surface area contributed by atoms with E-state index in [-0.39, 0.29) is 6.61 Å². The largest absolute Gasteiger partial charge is 0.463 e. The van der Waals surface area contributed by atoms with Crippen molar-refractivity contribution in [1.29, 1.82) is 5.26 Å². The van der Waals surface area contributed by atoms with E-state index in [1.54, 1.807) is 19.1 Å². The van der Waals surface area contributed by atoms with Crippen LogP contribution in [0.3, 0.4) is 0 Å². The first-order valence-electron chi connectivity index (χ1n) is 8.18. The van der Waals surface area contributed by atoms with Crippen LogP contribution in [0.25, 0.3) is 5.70 Å². The Balaban J connectivity index is 2.15. The van der Waals surface area contributed by atoms with Crippen molar-refractivity contribution in [2.24, 2.45) is 0 Å². The van der Waals surface area contributed by atoms with E-state index in [1.165, 1.54) is 0 Å². The number of nitriles is 1. The van der Waals surface area contributed by atoms with Crippen LogP contribution in [-0.4, -0.2) is 17.7 Å². The number of hydrogen-bond acceptors (Lipinski definition) is 4. The third-order valence-electron chi connectivity index (χ3n) is 4.00. The number of nitrogens with one attached hydrogen (secondary N) is 2. The Morgan fingerprint density at radius 3 is 2.50 bits per heavy atom. The first-order valence-corrected chi connectivity index (χ1v) is 8.59. The van der Waals surface area contributed by atoms with Crippen LogP contribution in [0.1, 0.15) is 29.7 Å². The molecule has 0 spiro atoms. The van der Waals surface area contributed by atoms with E-state index in [2.05, 4.69) is 16.7 Å². The van der Waals surface area contributed by atoms with Gasteiger partial charge in [0.1, 0.15) is 0 Å². The monoisotopic (exact) mass is 363 g/mol. The third-order valence-corrected chi connectivity index (χ3v) is 4.22. The van der Waals surface area contributed by atoms with E-state index in [0.717, 1.165) is 11.1 Å². The van der Waals surface area contributed by atoms with Crippen LogP contribution < -0.4 is 10.6 Å². The van der Waals surface area contributed by atoms with Crippen LogP contribution in [0, 0.1) is 11.3 Å². The van der Waals surface area contributed by atoms with Gasteiger partial charge in [0, 0.05) is 0 Å². The highest BCUT2D eigenvalue weighted by atomic mass is 32.1. The van der Waals surface area contributed by atoms with Gasteiger partial charge in [-0.05, 0) is 42.4 Å². The molecule has 0 saturated heterocycles. The second kappa shape index (κ2) is 7.81. The van der Waals surface area contributed by atoms with Crippen molar-refractivity contribution in [3.63, 3.8) is 0 Å². The van der Waals surface area contributed by atoms with Crippen molar-refractivity contribution in [3.8, 4) is 6.07 Å². The quantitative estimate of drug-likeness (QED) is 0.642. The van der Waals surface area contributed by atoms with Gasteiger partial charge < -0.3 is 15.4 Å². The van der Waals surface area contributed by atoms with Crippen LogP contribution in [-0.2, 0) is 9.53 Å². The molecule has 0 unspecified atom stereocenters. The molecule has 5 nitrogen and oxygen atoms in total. The van der Waals surface area contributed by atoms with Crippen molar-refractivity contribution in [3.05, 3.63) is 76.9 Å². The predicted molar refractivity (Wildman–Crippen MR) is 103 cm³/mol. The minimum atomic E-state index is -0.467. The van der Waals surface area contributed by atoms with Crippen LogP contribution in [0.5, 0.6) is 0 Å². The standard InChI is InChI=1S/C20H17N3O2S/c1-2-25-19(24)16-17(14-6-4-3-5-7-14)22-20(26)23-18(16)15-10-8-13(12-21)9-11-15/h3-11,18H,2H2,1H3,(H2,22,23,26)/t18-/m0/s1. The number of carbonyl (C=O) groups excluding carboxylic acids is 1. The zero-order valence-electron chi connectivity index (χ0n) is 14.2. The van der Waals surface area contributed by atoms with Gasteiger partial charge in [0.15, 0.2) is 5.11 Å². The number of hydrogen-bond donors (Lipinski definition) is 2. The highest BCUT2D eigenvalue weighted by Gasteiger charge is 2.33. The molecule has 3 rings (SSSR count). The van der Waals surface area contributed by atoms with E-state index < -0.39 is 12.0 Å². The Kier molecular flexibility index (Phi) is 5.30. The van der Waals surface area contributed by atoms with Crippen LogP contribution in [0.2, 0.25) is 0 Å². The number of ether oxygens (including phenoxy) is 1. The smallest absolute Gasteiger partial charge is 0.338 e. The molecule has 0 aromatic heterocycles. The molecule has 2 N–H and O–H groups in total. The fourth-order valence-electron chi connectivity index (χ4n) is 2.83. The maximum absolute atomic E-state index is 12.7. The lowest BCUT2D eigenvalue weighted by molar-refractivity contribution is -0.138. The van der Waals surface area contributed by atoms with Crippen molar-refractivity contribution in [2.75, 3.05) is 6.61 Å². The van der Waals surface area contributed by atoms with E-state index in [1.807, 2.05) is 42.5 Å². The van der Waals surface area contributed by atoms with E-state index >= 15 is 0 Å². The number of benzene rings is 2. The van der Waals surface area contributed by atoms with Gasteiger partial charge in [0.05, 0.1) is 35.6 Å². The van der Waals surface area contributed by atoms with Crippen molar-refractivity contribution in [1.82, 2.24) is 10.6 Å². The third kappa shape index (κ3) is 3.58. The molecule has 0 aliphatic carbocycles. The van der Waals surface area contributed by atoms with Crippen molar-refractivity contribution < 1.29 is 9.53 Å². The molecular weight excluding hydrogens is 346 g/mol. The van der Waals surface area contributed by atoms with Gasteiger partial charge in [0.25, 0.3) is 0 Å². The summed E-state index contributed by atoms with van der Waals surface area (Å²) in [5.41, 5.74) is 3.30. The van der Waals surface area contributed by atoms with Crippen LogP contribution in [0.4, 0.5) is 0 Å². The molecule has 0 fully saturated rings. The van der Waals surface area contributed by atoms with E-state index in [9.17, 15) is 4.79 Å². The average molecular weight is 363 g/mol. The second-order valence-electron chi connectivity index (χ2n) is 5.64. The van der Waals surface area contributed by atoms with E-state index in [4.69, 9.17) is 22.2 Å². The normalized spacial score (nSPS) is 16.3. The van der Waals surface area contributed by atoms with Crippen LogP contribution >= 0.6 is 12.2 Å². The fourth-order valence-corrected chi connectivity index (χ4v) is 3.05. The minimum absolute atomic E-state index is 0.273. The maximum atomic E-state index is 12.7. The molecule has 1 aliphatic rings. The first kappa shape index (κ1) is 17.6. The molecule has 1 atom stereocenters. The zero-order chi connectivity index (χ0) is 18.5. The number of thiocarbonyl (C=S) groups is 1. The number of carbonyl (C=O) groups is 1. The molecule has 0 bridgehead atoms. The molecule has 0 amide bonds. The lowest BCUT2D eigenvalue weighted by Crippen LogP contribution is -2.45. The average Bonchev–Trinajstić information content (AvgIpc) is 2.68. The first-order chi connectivity index (χ1) is 12.6.